The van der Waals surface area contributed by atoms with Gasteiger partial charge in [-0.15, -0.1) is 0 Å². The normalized spacial score (nSPS) is 9.42. The molecule has 0 aliphatic heterocycles. The zero-order valence-corrected chi connectivity index (χ0v) is 7.00. The van der Waals surface area contributed by atoms with Crippen LogP contribution in [0.5, 0.6) is 0 Å². The Morgan fingerprint density at radius 1 is 1.33 bits per heavy atom. The summed E-state index contributed by atoms with van der Waals surface area (Å²) in [5, 5.41) is 0. The maximum Gasteiger partial charge on any atom is 0.273 e. The van der Waals surface area contributed by atoms with Gasteiger partial charge >= 0.3 is 0 Å². The average Bonchev–Trinajstić information content (AvgIpc) is 2.14. The molecular formula is C11H10O. The fourth-order valence-corrected chi connectivity index (χ4v) is 0.727. The van der Waals surface area contributed by atoms with E-state index in [1.54, 1.807) is 0 Å². The minimum Gasteiger partial charge on any atom is -0.343 e. The Morgan fingerprint density at radius 2 is 2.08 bits per heavy atom. The van der Waals surface area contributed by atoms with Gasteiger partial charge in [-0.3, -0.25) is 5.92 Å². The lowest BCUT2D eigenvalue weighted by atomic mass is 10.2. The molecule has 0 saturated heterocycles. The van der Waals surface area contributed by atoms with Crippen LogP contribution >= 0.6 is 0 Å². The second-order valence-electron chi connectivity index (χ2n) is 2.15. The summed E-state index contributed by atoms with van der Waals surface area (Å²) in [4.78, 5) is 0. The fraction of sp³-hybridized carbons (Fsp3) is 0.182. The van der Waals surface area contributed by atoms with E-state index in [1.165, 1.54) is 0 Å². The third-order valence-corrected chi connectivity index (χ3v) is 1.25. The van der Waals surface area contributed by atoms with E-state index < -0.39 is 0 Å². The molecule has 0 atom stereocenters. The van der Waals surface area contributed by atoms with Crippen molar-refractivity contribution in [3.63, 3.8) is 0 Å². The second kappa shape index (κ2) is 5.15. The largest absolute Gasteiger partial charge is 0.343 e. The van der Waals surface area contributed by atoms with Crippen molar-refractivity contribution in [1.82, 2.24) is 0 Å². The molecule has 0 aliphatic rings. The summed E-state index contributed by atoms with van der Waals surface area (Å²) in [5.74, 6) is 5.57. The fourth-order valence-electron chi connectivity index (χ4n) is 0.727. The highest BCUT2D eigenvalue weighted by molar-refractivity contribution is 5.75. The van der Waals surface area contributed by atoms with Crippen LogP contribution in [0.2, 0.25) is 0 Å². The average molecular weight is 158 g/mol. The Bertz CT molecular complexity index is 301. The van der Waals surface area contributed by atoms with Crippen molar-refractivity contribution in [3.8, 4) is 11.8 Å². The standard InChI is InChI=1S/C11H10O/c1-2-12-10-6-9-11-7-4-3-5-8-11/h3-5,7-8H,2H2,1H3. The first kappa shape index (κ1) is 8.55. The summed E-state index contributed by atoms with van der Waals surface area (Å²) in [7, 11) is 0. The van der Waals surface area contributed by atoms with Gasteiger partial charge in [0.05, 0.1) is 0 Å². The van der Waals surface area contributed by atoms with E-state index in [1.807, 2.05) is 37.3 Å². The zero-order valence-electron chi connectivity index (χ0n) is 7.00. The van der Waals surface area contributed by atoms with Gasteiger partial charge < -0.3 is 4.42 Å². The molecule has 0 aromatic heterocycles. The molecule has 0 amide bonds. The predicted molar refractivity (Wildman–Crippen MR) is 49.6 cm³/mol. The molecule has 1 nitrogen and oxygen atoms in total. The maximum absolute atomic E-state index is 4.83. The van der Waals surface area contributed by atoms with Crippen LogP contribution < -0.4 is 0 Å². The van der Waals surface area contributed by atoms with Gasteiger partial charge in [0.1, 0.15) is 0 Å². The first-order chi connectivity index (χ1) is 5.93. The van der Waals surface area contributed by atoms with Crippen LogP contribution in [0.25, 0.3) is 0 Å². The van der Waals surface area contributed by atoms with Crippen LogP contribution in [-0.4, -0.2) is 12.9 Å². The molecular weight excluding hydrogens is 148 g/mol. The van der Waals surface area contributed by atoms with Gasteiger partial charge in [-0.2, -0.15) is 5.92 Å². The number of rotatable bonds is 1. The van der Waals surface area contributed by atoms with E-state index in [9.17, 15) is 0 Å². The lowest BCUT2D eigenvalue weighted by Crippen LogP contribution is -1.77. The number of carbonyl (C=O) groups excluding carboxylic acids is 1. The molecule has 1 aromatic carbocycles. The predicted octanol–water partition coefficient (Wildman–Crippen LogP) is 1.70. The van der Waals surface area contributed by atoms with Crippen molar-refractivity contribution in [2.45, 2.75) is 6.92 Å². The van der Waals surface area contributed by atoms with Gasteiger partial charge in [-0.1, -0.05) is 35.9 Å². The van der Waals surface area contributed by atoms with Crippen molar-refractivity contribution in [2.75, 3.05) is 6.61 Å². The monoisotopic (exact) mass is 158 g/mol. The Labute approximate surface area is 72.7 Å². The van der Waals surface area contributed by atoms with E-state index in [0.29, 0.717) is 6.61 Å². The lowest BCUT2D eigenvalue weighted by molar-refractivity contribution is 0.125. The van der Waals surface area contributed by atoms with Crippen LogP contribution in [0.15, 0.2) is 30.3 Å². The molecule has 0 aliphatic carbocycles. The Hall–Kier alpha value is -1.55. The Balaban J connectivity index is 2.61. The van der Waals surface area contributed by atoms with Gasteiger partial charge in [-0.25, -0.2) is 0 Å². The van der Waals surface area contributed by atoms with Gasteiger partial charge in [-0.05, 0) is 0 Å². The van der Waals surface area contributed by atoms with E-state index in [4.69, 9.17) is 4.42 Å². The van der Waals surface area contributed by atoms with E-state index in [0.717, 1.165) is 5.56 Å². The van der Waals surface area contributed by atoms with E-state index in [2.05, 4.69) is 18.1 Å². The molecule has 0 unspecified atom stereocenters. The first-order valence-corrected chi connectivity index (χ1v) is 3.86. The maximum atomic E-state index is 4.83. The van der Waals surface area contributed by atoms with Gasteiger partial charge in [0, 0.05) is 6.92 Å². The minimum absolute atomic E-state index is 0.615. The van der Waals surface area contributed by atoms with Crippen LogP contribution in [0.1, 0.15) is 12.5 Å². The van der Waals surface area contributed by atoms with E-state index in [-0.39, 0.29) is 0 Å². The van der Waals surface area contributed by atoms with Crippen molar-refractivity contribution in [2.24, 2.45) is 0 Å². The van der Waals surface area contributed by atoms with Crippen molar-refractivity contribution in [3.05, 3.63) is 35.9 Å². The molecule has 60 valence electrons. The zero-order chi connectivity index (χ0) is 8.65. The van der Waals surface area contributed by atoms with Crippen molar-refractivity contribution >= 4 is 6.29 Å². The molecule has 0 N–H and O–H groups in total. The highest BCUT2D eigenvalue weighted by Crippen LogP contribution is 1.93. The molecule has 1 heteroatoms. The number of hydrogen-bond donors (Lipinski definition) is 0. The summed E-state index contributed by atoms with van der Waals surface area (Å²) in [5.41, 5.74) is 0.977. The summed E-state index contributed by atoms with van der Waals surface area (Å²) < 4.78 is 4.83. The van der Waals surface area contributed by atoms with Crippen LogP contribution in [0.3, 0.4) is 0 Å². The summed E-state index contributed by atoms with van der Waals surface area (Å²) in [6.45, 7) is 2.51. The Kier molecular flexibility index (Phi) is 3.67. The number of hydrogen-bond acceptors (Lipinski definition) is 0. The molecule has 0 saturated carbocycles. The SMILES string of the molecule is CC[O+]=[C-]C#Cc1ccccc1. The number of benzene rings is 1. The molecule has 0 heterocycles. The molecule has 0 bridgehead atoms. The summed E-state index contributed by atoms with van der Waals surface area (Å²) in [6, 6.07) is 9.75. The highest BCUT2D eigenvalue weighted by atomic mass is 16.4. The third kappa shape index (κ3) is 3.03. The molecule has 0 fully saturated rings. The smallest absolute Gasteiger partial charge is 0.273 e. The molecule has 1 aromatic rings. The third-order valence-electron chi connectivity index (χ3n) is 1.25. The van der Waals surface area contributed by atoms with Crippen LogP contribution in [0.4, 0.5) is 0 Å². The minimum atomic E-state index is 0.615. The summed E-state index contributed by atoms with van der Waals surface area (Å²) >= 11 is 0. The topological polar surface area (TPSA) is 11.3 Å². The van der Waals surface area contributed by atoms with Crippen molar-refractivity contribution in [1.29, 1.82) is 0 Å². The summed E-state index contributed by atoms with van der Waals surface area (Å²) in [6.07, 6.45) is 2.52. The van der Waals surface area contributed by atoms with Crippen LogP contribution in [-0.2, 0) is 4.42 Å². The van der Waals surface area contributed by atoms with Gasteiger partial charge in [0.25, 0.3) is 6.29 Å². The first-order valence-electron chi connectivity index (χ1n) is 3.86. The Morgan fingerprint density at radius 3 is 2.75 bits per heavy atom. The quantitative estimate of drug-likeness (QED) is 0.335. The second-order valence-corrected chi connectivity index (χ2v) is 2.15. The van der Waals surface area contributed by atoms with Gasteiger partial charge in [0.2, 0.25) is 6.61 Å². The lowest BCUT2D eigenvalue weighted by Gasteiger charge is -1.90. The molecule has 12 heavy (non-hydrogen) atoms. The molecule has 0 spiro atoms. The van der Waals surface area contributed by atoms with Crippen molar-refractivity contribution < 1.29 is 4.42 Å². The van der Waals surface area contributed by atoms with Crippen LogP contribution in [0, 0.1) is 11.8 Å². The van der Waals surface area contributed by atoms with E-state index >= 15 is 0 Å². The highest BCUT2D eigenvalue weighted by Gasteiger charge is 1.73. The molecule has 1 rings (SSSR count). The molecule has 0 radical (unpaired) electrons. The van der Waals surface area contributed by atoms with Gasteiger partial charge in [0.15, 0.2) is 0 Å².